The molecular weight excluding hydrogens is 376 g/mol. The predicted molar refractivity (Wildman–Crippen MR) is 102 cm³/mol. The van der Waals surface area contributed by atoms with Gasteiger partial charge in [0.1, 0.15) is 29.7 Å². The summed E-state index contributed by atoms with van der Waals surface area (Å²) in [5.74, 6) is -0.380. The Morgan fingerprint density at radius 2 is 1.97 bits per heavy atom. The zero-order valence-electron chi connectivity index (χ0n) is 15.6. The minimum atomic E-state index is -0.559. The standard InChI is InChI=1S/C22H19F2N3O2/c23-16-5-3-4-15(10-16)19-11-25-20-12-29-22(14-27(19)20)8-9-26(13-22)21(28)17-6-1-2-7-18(17)24/h1-7,10-11H,8-9,12-14H2/t22-/m0/s1. The third-order valence-corrected chi connectivity index (χ3v) is 5.72. The van der Waals surface area contributed by atoms with Gasteiger partial charge >= 0.3 is 0 Å². The number of rotatable bonds is 2. The molecule has 2 aliphatic heterocycles. The minimum absolute atomic E-state index is 0.0733. The van der Waals surface area contributed by atoms with E-state index in [1.807, 2.05) is 10.6 Å². The molecule has 7 heteroatoms. The Hall–Kier alpha value is -3.06. The highest BCUT2D eigenvalue weighted by Gasteiger charge is 2.44. The van der Waals surface area contributed by atoms with Crippen LogP contribution in [0.5, 0.6) is 0 Å². The topological polar surface area (TPSA) is 47.4 Å². The molecule has 0 aliphatic carbocycles. The van der Waals surface area contributed by atoms with Crippen molar-refractivity contribution in [2.24, 2.45) is 0 Å². The molecule has 0 saturated carbocycles. The number of benzene rings is 2. The van der Waals surface area contributed by atoms with Gasteiger partial charge in [-0.2, -0.15) is 0 Å². The van der Waals surface area contributed by atoms with Gasteiger partial charge < -0.3 is 14.2 Å². The second kappa shape index (κ2) is 6.77. The van der Waals surface area contributed by atoms with Gasteiger partial charge in [-0.15, -0.1) is 0 Å². The van der Waals surface area contributed by atoms with Crippen molar-refractivity contribution >= 4 is 5.91 Å². The Kier molecular flexibility index (Phi) is 4.20. The Balaban J connectivity index is 1.41. The summed E-state index contributed by atoms with van der Waals surface area (Å²) in [4.78, 5) is 18.8. The van der Waals surface area contributed by atoms with Gasteiger partial charge in [0.15, 0.2) is 0 Å². The first-order chi connectivity index (χ1) is 14.0. The van der Waals surface area contributed by atoms with Crippen molar-refractivity contribution in [3.05, 3.63) is 77.8 Å². The Morgan fingerprint density at radius 1 is 1.10 bits per heavy atom. The average Bonchev–Trinajstić information content (AvgIpc) is 3.32. The second-order valence-electron chi connectivity index (χ2n) is 7.58. The smallest absolute Gasteiger partial charge is 0.256 e. The number of aromatic nitrogens is 2. The molecule has 0 radical (unpaired) electrons. The SMILES string of the molecule is O=C(c1ccccc1F)N1CC[C@]2(C1)Cn1c(-c3cccc(F)c3)cnc1CO2. The van der Waals surface area contributed by atoms with Crippen molar-refractivity contribution < 1.29 is 18.3 Å². The first kappa shape index (κ1) is 18.0. The van der Waals surface area contributed by atoms with Gasteiger partial charge in [0.2, 0.25) is 0 Å². The maximum atomic E-state index is 14.0. The van der Waals surface area contributed by atoms with Crippen LogP contribution in [0.4, 0.5) is 8.78 Å². The molecule has 1 spiro atoms. The summed E-state index contributed by atoms with van der Waals surface area (Å²) in [5.41, 5.74) is 1.08. The number of fused-ring (bicyclic) bond motifs is 1. The molecule has 29 heavy (non-hydrogen) atoms. The molecule has 0 bridgehead atoms. The highest BCUT2D eigenvalue weighted by atomic mass is 19.1. The van der Waals surface area contributed by atoms with Gasteiger partial charge in [-0.25, -0.2) is 13.8 Å². The third-order valence-electron chi connectivity index (χ3n) is 5.72. The largest absolute Gasteiger partial charge is 0.363 e. The maximum Gasteiger partial charge on any atom is 0.256 e. The van der Waals surface area contributed by atoms with Crippen LogP contribution >= 0.6 is 0 Å². The van der Waals surface area contributed by atoms with Crippen molar-refractivity contribution in [3.63, 3.8) is 0 Å². The van der Waals surface area contributed by atoms with E-state index in [1.165, 1.54) is 24.3 Å². The molecule has 1 amide bonds. The van der Waals surface area contributed by atoms with Crippen molar-refractivity contribution in [2.45, 2.75) is 25.2 Å². The molecule has 2 aromatic carbocycles. The summed E-state index contributed by atoms with van der Waals surface area (Å²) in [6.45, 7) is 1.69. The van der Waals surface area contributed by atoms with Crippen LogP contribution in [-0.2, 0) is 17.9 Å². The van der Waals surface area contributed by atoms with Gasteiger partial charge in [-0.1, -0.05) is 24.3 Å². The number of hydrogen-bond donors (Lipinski definition) is 0. The fourth-order valence-corrected chi connectivity index (χ4v) is 4.21. The van der Waals surface area contributed by atoms with E-state index < -0.39 is 11.4 Å². The van der Waals surface area contributed by atoms with Gasteiger partial charge in [-0.3, -0.25) is 4.79 Å². The van der Waals surface area contributed by atoms with Crippen molar-refractivity contribution in [1.82, 2.24) is 14.5 Å². The highest BCUT2D eigenvalue weighted by molar-refractivity contribution is 5.94. The van der Waals surface area contributed by atoms with Gasteiger partial charge in [0.25, 0.3) is 5.91 Å². The summed E-state index contributed by atoms with van der Waals surface area (Å²) < 4.78 is 35.9. The second-order valence-corrected chi connectivity index (χ2v) is 7.58. The van der Waals surface area contributed by atoms with Crippen molar-refractivity contribution in [2.75, 3.05) is 13.1 Å². The molecule has 2 aliphatic rings. The zero-order valence-corrected chi connectivity index (χ0v) is 15.6. The first-order valence-electron chi connectivity index (χ1n) is 9.53. The molecule has 1 saturated heterocycles. The quantitative estimate of drug-likeness (QED) is 0.666. The van der Waals surface area contributed by atoms with Crippen LogP contribution in [0.1, 0.15) is 22.6 Å². The zero-order chi connectivity index (χ0) is 20.0. The fraction of sp³-hybridized carbons (Fsp3) is 0.273. The number of imidazole rings is 1. The lowest BCUT2D eigenvalue weighted by atomic mass is 10.0. The lowest BCUT2D eigenvalue weighted by molar-refractivity contribution is -0.0804. The summed E-state index contributed by atoms with van der Waals surface area (Å²) in [5, 5.41) is 0. The number of ether oxygens (including phenoxy) is 1. The van der Waals surface area contributed by atoms with E-state index in [9.17, 15) is 13.6 Å². The van der Waals surface area contributed by atoms with Crippen LogP contribution in [0.25, 0.3) is 11.3 Å². The summed E-state index contributed by atoms with van der Waals surface area (Å²) >= 11 is 0. The van der Waals surface area contributed by atoms with Crippen molar-refractivity contribution in [3.8, 4) is 11.3 Å². The van der Waals surface area contributed by atoms with Crippen LogP contribution in [0.3, 0.4) is 0 Å². The molecule has 5 rings (SSSR count). The molecular formula is C22H19F2N3O2. The van der Waals surface area contributed by atoms with Crippen LogP contribution < -0.4 is 0 Å². The number of halogens is 2. The minimum Gasteiger partial charge on any atom is -0.363 e. The molecule has 0 N–H and O–H groups in total. The number of likely N-dealkylation sites (tertiary alicyclic amines) is 1. The van der Waals surface area contributed by atoms with E-state index in [0.717, 1.165) is 17.1 Å². The molecule has 1 aromatic heterocycles. The Morgan fingerprint density at radius 3 is 2.79 bits per heavy atom. The van der Waals surface area contributed by atoms with Gasteiger partial charge in [-0.05, 0) is 30.7 Å². The third kappa shape index (κ3) is 3.11. The van der Waals surface area contributed by atoms with Crippen LogP contribution in [-0.4, -0.2) is 39.0 Å². The van der Waals surface area contributed by atoms with Crippen LogP contribution in [0.2, 0.25) is 0 Å². The lowest BCUT2D eigenvalue weighted by Crippen LogP contribution is -2.45. The predicted octanol–water partition coefficient (Wildman–Crippen LogP) is 3.64. The molecule has 1 fully saturated rings. The summed E-state index contributed by atoms with van der Waals surface area (Å²) in [6, 6.07) is 12.4. The highest BCUT2D eigenvalue weighted by Crippen LogP contribution is 2.35. The molecule has 1 atom stereocenters. The average molecular weight is 395 g/mol. The normalized spacial score (nSPS) is 20.8. The number of carbonyl (C=O) groups is 1. The number of nitrogens with zero attached hydrogens (tertiary/aromatic N) is 3. The van der Waals surface area contributed by atoms with E-state index in [1.54, 1.807) is 29.3 Å². The molecule has 3 heterocycles. The van der Waals surface area contributed by atoms with Crippen LogP contribution in [0, 0.1) is 11.6 Å². The summed E-state index contributed by atoms with van der Waals surface area (Å²) in [6.07, 6.45) is 2.37. The molecule has 0 unspecified atom stereocenters. The molecule has 3 aromatic rings. The fourth-order valence-electron chi connectivity index (χ4n) is 4.21. The monoisotopic (exact) mass is 395 g/mol. The molecule has 148 valence electrons. The van der Waals surface area contributed by atoms with Crippen LogP contribution in [0.15, 0.2) is 54.7 Å². The van der Waals surface area contributed by atoms with Gasteiger partial charge in [0, 0.05) is 12.1 Å². The number of amides is 1. The van der Waals surface area contributed by atoms with E-state index in [2.05, 4.69) is 4.98 Å². The lowest BCUT2D eigenvalue weighted by Gasteiger charge is -2.35. The van der Waals surface area contributed by atoms with E-state index in [-0.39, 0.29) is 17.3 Å². The summed E-state index contributed by atoms with van der Waals surface area (Å²) in [7, 11) is 0. The number of hydrogen-bond acceptors (Lipinski definition) is 3. The Labute approximate surface area is 166 Å². The molecule has 5 nitrogen and oxygen atoms in total. The number of carbonyl (C=O) groups excluding carboxylic acids is 1. The van der Waals surface area contributed by atoms with E-state index in [4.69, 9.17) is 4.74 Å². The first-order valence-corrected chi connectivity index (χ1v) is 9.53. The van der Waals surface area contributed by atoms with Crippen molar-refractivity contribution in [1.29, 1.82) is 0 Å². The maximum absolute atomic E-state index is 14.0. The van der Waals surface area contributed by atoms with E-state index >= 15 is 0 Å². The Bertz CT molecular complexity index is 1100. The van der Waals surface area contributed by atoms with E-state index in [0.29, 0.717) is 32.7 Å². The van der Waals surface area contributed by atoms with Gasteiger partial charge in [0.05, 0.1) is 30.5 Å².